The van der Waals surface area contributed by atoms with Gasteiger partial charge in [0.05, 0.1) is 31.7 Å². The molecule has 1 unspecified atom stereocenters. The minimum Gasteiger partial charge on any atom is -0.480 e. The van der Waals surface area contributed by atoms with Crippen LogP contribution in [0.3, 0.4) is 0 Å². The van der Waals surface area contributed by atoms with Crippen LogP contribution < -0.4 is 14.8 Å². The van der Waals surface area contributed by atoms with Gasteiger partial charge in [-0.15, -0.1) is 0 Å². The van der Waals surface area contributed by atoms with Crippen LogP contribution in [0.1, 0.15) is 19.3 Å². The Hall–Kier alpha value is -1.40. The molecule has 1 spiro atoms. The summed E-state index contributed by atoms with van der Waals surface area (Å²) in [7, 11) is 1.57. The standard InChI is InChI=1S/C13H19N3O3/c1-17-11-7-15-8-12(16-11)19-10-6-13(18-9-10)2-4-14-5-3-13/h7-8,10,14H,2-6,9H2,1H3. The summed E-state index contributed by atoms with van der Waals surface area (Å²) >= 11 is 0. The van der Waals surface area contributed by atoms with Crippen molar-refractivity contribution in [3.63, 3.8) is 0 Å². The topological polar surface area (TPSA) is 65.5 Å². The van der Waals surface area contributed by atoms with Gasteiger partial charge in [0, 0.05) is 6.42 Å². The summed E-state index contributed by atoms with van der Waals surface area (Å²) in [6, 6.07) is 0. The Morgan fingerprint density at radius 2 is 2.11 bits per heavy atom. The fourth-order valence-electron chi connectivity index (χ4n) is 2.77. The molecule has 2 aliphatic rings. The number of hydrogen-bond acceptors (Lipinski definition) is 6. The van der Waals surface area contributed by atoms with E-state index in [2.05, 4.69) is 15.3 Å². The second-order valence-electron chi connectivity index (χ2n) is 5.09. The third kappa shape index (κ3) is 2.79. The molecule has 2 fully saturated rings. The molecule has 6 nitrogen and oxygen atoms in total. The normalized spacial score (nSPS) is 25.4. The average molecular weight is 265 g/mol. The van der Waals surface area contributed by atoms with Gasteiger partial charge in [-0.2, -0.15) is 4.98 Å². The van der Waals surface area contributed by atoms with E-state index >= 15 is 0 Å². The molecule has 1 aromatic rings. The Balaban J connectivity index is 1.61. The molecule has 6 heteroatoms. The van der Waals surface area contributed by atoms with Crippen molar-refractivity contribution < 1.29 is 14.2 Å². The summed E-state index contributed by atoms with van der Waals surface area (Å²) in [6.07, 6.45) is 6.25. The summed E-state index contributed by atoms with van der Waals surface area (Å²) in [4.78, 5) is 8.25. The second kappa shape index (κ2) is 5.30. The summed E-state index contributed by atoms with van der Waals surface area (Å²) < 4.78 is 16.9. The molecule has 1 N–H and O–H groups in total. The van der Waals surface area contributed by atoms with Gasteiger partial charge in [-0.3, -0.25) is 4.98 Å². The van der Waals surface area contributed by atoms with Gasteiger partial charge in [0.2, 0.25) is 11.8 Å². The first-order valence-electron chi connectivity index (χ1n) is 6.67. The zero-order chi connectivity index (χ0) is 13.1. The van der Waals surface area contributed by atoms with Crippen LogP contribution in [0.15, 0.2) is 12.4 Å². The van der Waals surface area contributed by atoms with Crippen LogP contribution in [0.2, 0.25) is 0 Å². The van der Waals surface area contributed by atoms with Crippen molar-refractivity contribution in [2.24, 2.45) is 0 Å². The van der Waals surface area contributed by atoms with E-state index in [9.17, 15) is 0 Å². The third-order valence-corrected chi connectivity index (χ3v) is 3.78. The van der Waals surface area contributed by atoms with Gasteiger partial charge in [0.25, 0.3) is 0 Å². The van der Waals surface area contributed by atoms with Crippen molar-refractivity contribution in [1.82, 2.24) is 15.3 Å². The number of nitrogens with one attached hydrogen (secondary N) is 1. The number of hydrogen-bond donors (Lipinski definition) is 1. The van der Waals surface area contributed by atoms with Gasteiger partial charge < -0.3 is 19.5 Å². The molecule has 3 heterocycles. The highest BCUT2D eigenvalue weighted by atomic mass is 16.6. The van der Waals surface area contributed by atoms with Crippen molar-refractivity contribution in [2.45, 2.75) is 31.0 Å². The first kappa shape index (κ1) is 12.6. The van der Waals surface area contributed by atoms with Crippen LogP contribution in [0.25, 0.3) is 0 Å². The zero-order valence-electron chi connectivity index (χ0n) is 11.1. The summed E-state index contributed by atoms with van der Waals surface area (Å²) in [5, 5.41) is 3.36. The van der Waals surface area contributed by atoms with Gasteiger partial charge >= 0.3 is 0 Å². The molecule has 0 radical (unpaired) electrons. The van der Waals surface area contributed by atoms with E-state index in [1.54, 1.807) is 19.5 Å². The lowest BCUT2D eigenvalue weighted by atomic mass is 9.89. The SMILES string of the molecule is COc1cncc(OC2COC3(CCNCC3)C2)n1. The van der Waals surface area contributed by atoms with E-state index in [0.29, 0.717) is 18.4 Å². The molecule has 0 amide bonds. The monoisotopic (exact) mass is 265 g/mol. The van der Waals surface area contributed by atoms with E-state index in [-0.39, 0.29) is 11.7 Å². The lowest BCUT2D eigenvalue weighted by Crippen LogP contribution is -2.41. The van der Waals surface area contributed by atoms with E-state index in [1.165, 1.54) is 0 Å². The molecule has 0 bridgehead atoms. The summed E-state index contributed by atoms with van der Waals surface area (Å²) in [6.45, 7) is 2.66. The van der Waals surface area contributed by atoms with Gasteiger partial charge in [-0.1, -0.05) is 0 Å². The van der Waals surface area contributed by atoms with Crippen molar-refractivity contribution in [3.8, 4) is 11.8 Å². The molecule has 0 saturated carbocycles. The Morgan fingerprint density at radius 3 is 2.89 bits per heavy atom. The van der Waals surface area contributed by atoms with Crippen LogP contribution in [0, 0.1) is 0 Å². The Morgan fingerprint density at radius 1 is 1.32 bits per heavy atom. The minimum atomic E-state index is 0.00219. The van der Waals surface area contributed by atoms with Crippen molar-refractivity contribution in [1.29, 1.82) is 0 Å². The molecule has 19 heavy (non-hydrogen) atoms. The van der Waals surface area contributed by atoms with E-state index in [0.717, 1.165) is 32.4 Å². The maximum absolute atomic E-state index is 5.98. The summed E-state index contributed by atoms with van der Waals surface area (Å²) in [5.41, 5.74) is 0.00219. The quantitative estimate of drug-likeness (QED) is 0.871. The zero-order valence-corrected chi connectivity index (χ0v) is 11.1. The molecule has 2 aliphatic heterocycles. The van der Waals surface area contributed by atoms with Gasteiger partial charge in [0.1, 0.15) is 6.10 Å². The predicted molar refractivity (Wildman–Crippen MR) is 68.4 cm³/mol. The van der Waals surface area contributed by atoms with E-state index < -0.39 is 0 Å². The Kier molecular flexibility index (Phi) is 3.52. The average Bonchev–Trinajstić information content (AvgIpc) is 2.82. The van der Waals surface area contributed by atoms with Crippen LogP contribution >= 0.6 is 0 Å². The first-order chi connectivity index (χ1) is 9.30. The molecule has 1 atom stereocenters. The van der Waals surface area contributed by atoms with Gasteiger partial charge in [-0.05, 0) is 25.9 Å². The minimum absolute atomic E-state index is 0.00219. The maximum atomic E-state index is 5.98. The molecular weight excluding hydrogens is 246 g/mol. The van der Waals surface area contributed by atoms with Crippen molar-refractivity contribution in [2.75, 3.05) is 26.8 Å². The molecule has 3 rings (SSSR count). The molecular formula is C13H19N3O3. The van der Waals surface area contributed by atoms with Crippen LogP contribution in [0.4, 0.5) is 0 Å². The van der Waals surface area contributed by atoms with Crippen molar-refractivity contribution in [3.05, 3.63) is 12.4 Å². The number of nitrogens with zero attached hydrogens (tertiary/aromatic N) is 2. The maximum Gasteiger partial charge on any atom is 0.235 e. The number of rotatable bonds is 3. The molecule has 0 aromatic carbocycles. The predicted octanol–water partition coefficient (Wildman–Crippen LogP) is 0.775. The Labute approximate surface area is 112 Å². The van der Waals surface area contributed by atoms with Crippen LogP contribution in [0.5, 0.6) is 11.8 Å². The fraction of sp³-hybridized carbons (Fsp3) is 0.692. The highest BCUT2D eigenvalue weighted by Gasteiger charge is 2.42. The Bertz CT molecular complexity index is 435. The van der Waals surface area contributed by atoms with Crippen LogP contribution in [-0.4, -0.2) is 48.5 Å². The van der Waals surface area contributed by atoms with Crippen LogP contribution in [-0.2, 0) is 4.74 Å². The largest absolute Gasteiger partial charge is 0.480 e. The van der Waals surface area contributed by atoms with Gasteiger partial charge in [0.15, 0.2) is 0 Å². The van der Waals surface area contributed by atoms with E-state index in [1.807, 2.05) is 0 Å². The first-order valence-corrected chi connectivity index (χ1v) is 6.67. The number of ether oxygens (including phenoxy) is 3. The highest BCUT2D eigenvalue weighted by molar-refractivity contribution is 5.13. The number of aromatic nitrogens is 2. The third-order valence-electron chi connectivity index (χ3n) is 3.78. The van der Waals surface area contributed by atoms with E-state index in [4.69, 9.17) is 14.2 Å². The number of methoxy groups -OCH3 is 1. The summed E-state index contributed by atoms with van der Waals surface area (Å²) in [5.74, 6) is 0.965. The lowest BCUT2D eigenvalue weighted by molar-refractivity contribution is -0.0206. The van der Waals surface area contributed by atoms with Gasteiger partial charge in [-0.25, -0.2) is 0 Å². The smallest absolute Gasteiger partial charge is 0.235 e. The fourth-order valence-corrected chi connectivity index (χ4v) is 2.77. The molecule has 0 aliphatic carbocycles. The van der Waals surface area contributed by atoms with Crippen molar-refractivity contribution >= 4 is 0 Å². The molecule has 1 aromatic heterocycles. The second-order valence-corrected chi connectivity index (χ2v) is 5.09. The molecule has 2 saturated heterocycles. The number of piperidine rings is 1. The molecule has 104 valence electrons. The lowest BCUT2D eigenvalue weighted by Gasteiger charge is -2.32. The highest BCUT2D eigenvalue weighted by Crippen LogP contribution is 2.35.